The molecule has 10 heteroatoms. The van der Waals surface area contributed by atoms with Crippen molar-refractivity contribution in [2.75, 3.05) is 19.6 Å². The summed E-state index contributed by atoms with van der Waals surface area (Å²) in [4.78, 5) is 6.47. The van der Waals surface area contributed by atoms with Crippen LogP contribution in [-0.2, 0) is 16.9 Å². The summed E-state index contributed by atoms with van der Waals surface area (Å²) in [5.41, 5.74) is 2.74. The van der Waals surface area contributed by atoms with Gasteiger partial charge in [-0.1, -0.05) is 29.8 Å². The summed E-state index contributed by atoms with van der Waals surface area (Å²) in [5, 5.41) is 4.92. The Kier molecular flexibility index (Phi) is 8.39. The molecule has 1 aliphatic heterocycles. The largest absolute Gasteiger partial charge is 0.394 e. The lowest BCUT2D eigenvalue weighted by Gasteiger charge is -2.26. The molecule has 27 heavy (non-hydrogen) atoms. The maximum absolute atomic E-state index is 8.74. The highest BCUT2D eigenvalue weighted by Crippen LogP contribution is 2.23. The molecule has 0 bridgehead atoms. The van der Waals surface area contributed by atoms with Crippen LogP contribution in [0, 0.1) is 0 Å². The molecule has 0 saturated heterocycles. The van der Waals surface area contributed by atoms with Crippen LogP contribution < -0.4 is 0 Å². The van der Waals surface area contributed by atoms with Gasteiger partial charge in [-0.05, 0) is 49.1 Å². The van der Waals surface area contributed by atoms with Gasteiger partial charge in [0.25, 0.3) is 0 Å². The van der Waals surface area contributed by atoms with E-state index >= 15 is 0 Å². The Labute approximate surface area is 164 Å². The van der Waals surface area contributed by atoms with Gasteiger partial charge in [0.05, 0.1) is 0 Å². The molecule has 1 aromatic carbocycles. The Bertz CT molecular complexity index is 815. The van der Waals surface area contributed by atoms with Crippen LogP contribution in [0.1, 0.15) is 24.8 Å². The zero-order valence-electron chi connectivity index (χ0n) is 14.8. The molecule has 0 saturated carbocycles. The third-order valence-electron chi connectivity index (χ3n) is 4.09. The summed E-state index contributed by atoms with van der Waals surface area (Å²) >= 11 is 5.94. The van der Waals surface area contributed by atoms with Gasteiger partial charge in [-0.2, -0.15) is 13.5 Å². The molecule has 0 atom stereocenters. The highest BCUT2D eigenvalue weighted by Gasteiger charge is 2.12. The van der Waals surface area contributed by atoms with E-state index in [2.05, 4.69) is 33.2 Å². The summed E-state index contributed by atoms with van der Waals surface area (Å²) in [6.07, 6.45) is 9.18. The van der Waals surface area contributed by atoms with Crippen LogP contribution in [0.25, 0.3) is 5.57 Å². The molecule has 148 valence electrons. The zero-order chi connectivity index (χ0) is 19.7. The minimum atomic E-state index is -4.67. The maximum Gasteiger partial charge on any atom is 0.394 e. The lowest BCUT2D eigenvalue weighted by Crippen LogP contribution is -2.29. The zero-order valence-corrected chi connectivity index (χ0v) is 16.3. The molecule has 0 amide bonds. The quantitative estimate of drug-likeness (QED) is 0.552. The topological polar surface area (TPSA) is 109 Å². The standard InChI is InChI=1S/C17H21ClN4.H2O4S/c18-17-5-3-15(4-6-17)16-7-11-21(12-8-16)9-1-2-10-22-14-19-13-20-22;1-5(2,3)4/h3-7,13-14H,1-2,8-12H2;(H2,1,2,3,4). The smallest absolute Gasteiger partial charge is 0.299 e. The van der Waals surface area contributed by atoms with Crippen molar-refractivity contribution in [1.29, 1.82) is 0 Å². The number of aromatic nitrogens is 3. The third-order valence-corrected chi connectivity index (χ3v) is 4.34. The molecule has 3 rings (SSSR count). The molecule has 0 radical (unpaired) electrons. The van der Waals surface area contributed by atoms with E-state index in [4.69, 9.17) is 29.1 Å². The monoisotopic (exact) mass is 414 g/mol. The molecule has 1 aromatic heterocycles. The number of hydrogen-bond acceptors (Lipinski definition) is 5. The summed E-state index contributed by atoms with van der Waals surface area (Å²) in [6, 6.07) is 8.16. The minimum Gasteiger partial charge on any atom is -0.299 e. The molecule has 2 aromatic rings. The average molecular weight is 415 g/mol. The predicted octanol–water partition coefficient (Wildman–Crippen LogP) is 2.85. The molecule has 1 aliphatic rings. The fourth-order valence-electron chi connectivity index (χ4n) is 2.80. The number of benzene rings is 1. The molecule has 0 spiro atoms. The highest BCUT2D eigenvalue weighted by atomic mass is 35.5. The first-order chi connectivity index (χ1) is 12.8. The van der Waals surface area contributed by atoms with Gasteiger partial charge in [0.1, 0.15) is 12.7 Å². The van der Waals surface area contributed by atoms with Crippen molar-refractivity contribution in [2.45, 2.75) is 25.8 Å². The van der Waals surface area contributed by atoms with E-state index < -0.39 is 10.4 Å². The van der Waals surface area contributed by atoms with Crippen molar-refractivity contribution < 1.29 is 17.5 Å². The van der Waals surface area contributed by atoms with E-state index in [1.807, 2.05) is 16.8 Å². The van der Waals surface area contributed by atoms with Crippen LogP contribution >= 0.6 is 11.6 Å². The third kappa shape index (κ3) is 9.12. The van der Waals surface area contributed by atoms with Crippen LogP contribution in [0.4, 0.5) is 0 Å². The summed E-state index contributed by atoms with van der Waals surface area (Å²) in [7, 11) is -4.67. The van der Waals surface area contributed by atoms with E-state index in [1.165, 1.54) is 17.6 Å². The van der Waals surface area contributed by atoms with Gasteiger partial charge in [0.15, 0.2) is 0 Å². The Morgan fingerprint density at radius 3 is 2.33 bits per heavy atom. The fourth-order valence-corrected chi connectivity index (χ4v) is 2.92. The Hall–Kier alpha value is -1.78. The van der Waals surface area contributed by atoms with Crippen LogP contribution in [0.2, 0.25) is 5.02 Å². The molecular formula is C17H23ClN4O4S. The van der Waals surface area contributed by atoms with Gasteiger partial charge in [-0.3, -0.25) is 18.7 Å². The lowest BCUT2D eigenvalue weighted by atomic mass is 9.99. The second-order valence-corrected chi connectivity index (χ2v) is 7.43. The van der Waals surface area contributed by atoms with E-state index in [9.17, 15) is 0 Å². The number of rotatable bonds is 6. The predicted molar refractivity (Wildman–Crippen MR) is 104 cm³/mol. The van der Waals surface area contributed by atoms with Gasteiger partial charge in [-0.15, -0.1) is 0 Å². The van der Waals surface area contributed by atoms with Crippen molar-refractivity contribution in [3.63, 3.8) is 0 Å². The Morgan fingerprint density at radius 2 is 1.78 bits per heavy atom. The summed E-state index contributed by atoms with van der Waals surface area (Å²) in [6.45, 7) is 4.29. The Balaban J connectivity index is 0.000000465. The van der Waals surface area contributed by atoms with Crippen LogP contribution in [-0.4, -0.2) is 56.8 Å². The van der Waals surface area contributed by atoms with Crippen molar-refractivity contribution in [3.05, 3.63) is 53.6 Å². The second kappa shape index (κ2) is 10.5. The highest BCUT2D eigenvalue weighted by molar-refractivity contribution is 7.79. The van der Waals surface area contributed by atoms with Gasteiger partial charge < -0.3 is 0 Å². The summed E-state index contributed by atoms with van der Waals surface area (Å²) in [5.74, 6) is 0. The van der Waals surface area contributed by atoms with Gasteiger partial charge in [-0.25, -0.2) is 4.98 Å². The van der Waals surface area contributed by atoms with Gasteiger partial charge in [0, 0.05) is 24.7 Å². The Morgan fingerprint density at radius 1 is 1.11 bits per heavy atom. The van der Waals surface area contributed by atoms with Crippen molar-refractivity contribution >= 4 is 27.6 Å². The van der Waals surface area contributed by atoms with E-state index in [0.717, 1.165) is 44.0 Å². The molecule has 0 unspecified atom stereocenters. The van der Waals surface area contributed by atoms with Crippen LogP contribution in [0.3, 0.4) is 0 Å². The van der Waals surface area contributed by atoms with Crippen molar-refractivity contribution in [3.8, 4) is 0 Å². The molecular weight excluding hydrogens is 392 g/mol. The molecule has 8 nitrogen and oxygen atoms in total. The first kappa shape index (κ1) is 21.5. The molecule has 2 heterocycles. The fraction of sp³-hybridized carbons (Fsp3) is 0.412. The average Bonchev–Trinajstić information content (AvgIpc) is 3.12. The number of aryl methyl sites for hydroxylation is 1. The maximum atomic E-state index is 8.74. The molecule has 2 N–H and O–H groups in total. The first-order valence-corrected chi connectivity index (χ1v) is 10.3. The second-order valence-electron chi connectivity index (χ2n) is 6.10. The molecule has 0 fully saturated rings. The molecule has 0 aliphatic carbocycles. The normalized spacial score (nSPS) is 15.0. The van der Waals surface area contributed by atoms with Crippen molar-refractivity contribution in [1.82, 2.24) is 19.7 Å². The van der Waals surface area contributed by atoms with Crippen LogP contribution in [0.15, 0.2) is 43.0 Å². The van der Waals surface area contributed by atoms with E-state index in [1.54, 1.807) is 12.7 Å². The number of nitrogens with zero attached hydrogens (tertiary/aromatic N) is 4. The van der Waals surface area contributed by atoms with Crippen LogP contribution in [0.5, 0.6) is 0 Å². The number of hydrogen-bond donors (Lipinski definition) is 2. The first-order valence-electron chi connectivity index (χ1n) is 8.51. The van der Waals surface area contributed by atoms with E-state index in [-0.39, 0.29) is 0 Å². The number of unbranched alkanes of at least 4 members (excludes halogenated alkanes) is 1. The van der Waals surface area contributed by atoms with E-state index in [0.29, 0.717) is 0 Å². The van der Waals surface area contributed by atoms with Gasteiger partial charge >= 0.3 is 10.4 Å². The number of halogens is 1. The summed E-state index contributed by atoms with van der Waals surface area (Å²) < 4.78 is 33.5. The lowest BCUT2D eigenvalue weighted by molar-refractivity contribution is 0.291. The SMILES string of the molecule is Clc1ccc(C2=CCN(CCCCn3cncn3)CC2)cc1.O=S(=O)(O)O. The van der Waals surface area contributed by atoms with Gasteiger partial charge in [0.2, 0.25) is 0 Å². The minimum absolute atomic E-state index is 0.800. The van der Waals surface area contributed by atoms with Crippen molar-refractivity contribution in [2.24, 2.45) is 0 Å².